The van der Waals surface area contributed by atoms with Crippen LogP contribution in [0.2, 0.25) is 0 Å². The molecule has 1 aromatic carbocycles. The number of carbonyl (C=O) groups is 1. The average molecular weight is 220 g/mol. The number of nitrogens with two attached hydrogens (primary N) is 2. The zero-order chi connectivity index (χ0) is 11.7. The maximum Gasteiger partial charge on any atom is 0.247 e. The molecule has 1 aliphatic rings. The monoisotopic (exact) mass is 220 g/mol. The van der Waals surface area contributed by atoms with Crippen molar-refractivity contribution in [2.24, 2.45) is 17.4 Å². The van der Waals surface area contributed by atoms with Crippen LogP contribution in [0.3, 0.4) is 0 Å². The van der Waals surface area contributed by atoms with Crippen LogP contribution in [0.4, 0.5) is 0 Å². The molecular formula is C12H16N2O2. The van der Waals surface area contributed by atoms with Crippen molar-refractivity contribution in [3.8, 4) is 0 Å². The van der Waals surface area contributed by atoms with Gasteiger partial charge in [0.1, 0.15) is 6.10 Å². The van der Waals surface area contributed by atoms with Crippen molar-refractivity contribution < 1.29 is 9.90 Å². The van der Waals surface area contributed by atoms with Crippen molar-refractivity contribution in [1.29, 1.82) is 0 Å². The molecule has 0 aromatic heterocycles. The van der Waals surface area contributed by atoms with Crippen LogP contribution in [0.5, 0.6) is 0 Å². The summed E-state index contributed by atoms with van der Waals surface area (Å²) in [7, 11) is 0. The Balaban J connectivity index is 2.09. The maximum atomic E-state index is 10.9. The molecule has 1 aromatic rings. The van der Waals surface area contributed by atoms with Gasteiger partial charge in [0.25, 0.3) is 0 Å². The molecule has 2 unspecified atom stereocenters. The smallest absolute Gasteiger partial charge is 0.247 e. The lowest BCUT2D eigenvalue weighted by atomic mass is 9.93. The molecule has 1 amide bonds. The third kappa shape index (κ3) is 1.94. The van der Waals surface area contributed by atoms with E-state index in [2.05, 4.69) is 12.1 Å². The Hall–Kier alpha value is -1.39. The maximum absolute atomic E-state index is 10.9. The molecule has 0 spiro atoms. The van der Waals surface area contributed by atoms with Gasteiger partial charge in [0.2, 0.25) is 5.91 Å². The van der Waals surface area contributed by atoms with E-state index in [9.17, 15) is 9.90 Å². The molecule has 86 valence electrons. The third-order valence-corrected chi connectivity index (χ3v) is 3.28. The third-order valence-electron chi connectivity index (χ3n) is 3.28. The van der Waals surface area contributed by atoms with Gasteiger partial charge in [0, 0.05) is 6.04 Å². The van der Waals surface area contributed by atoms with Gasteiger partial charge in [-0.05, 0) is 29.9 Å². The topological polar surface area (TPSA) is 89.3 Å². The summed E-state index contributed by atoms with van der Waals surface area (Å²) in [5.74, 6) is -0.650. The summed E-state index contributed by atoms with van der Waals surface area (Å²) >= 11 is 0. The highest BCUT2D eigenvalue weighted by atomic mass is 16.3. The van der Waals surface area contributed by atoms with Gasteiger partial charge >= 0.3 is 0 Å². The molecule has 0 aliphatic heterocycles. The minimum Gasteiger partial charge on any atom is -0.382 e. The van der Waals surface area contributed by atoms with Crippen molar-refractivity contribution >= 4 is 5.91 Å². The number of fused-ring (bicyclic) bond motifs is 1. The van der Waals surface area contributed by atoms with E-state index in [1.807, 2.05) is 12.1 Å². The molecular weight excluding hydrogens is 204 g/mol. The summed E-state index contributed by atoms with van der Waals surface area (Å²) in [5, 5.41) is 9.53. The van der Waals surface area contributed by atoms with Crippen LogP contribution in [0, 0.1) is 5.92 Å². The summed E-state index contributed by atoms with van der Waals surface area (Å²) in [5.41, 5.74) is 13.4. The summed E-state index contributed by atoms with van der Waals surface area (Å²) in [4.78, 5) is 10.9. The SMILES string of the molecule is NC(=O)C(O)C(N)C1Cc2ccccc2C1. The molecule has 2 atom stereocenters. The number of primary amides is 1. The van der Waals surface area contributed by atoms with Gasteiger partial charge in [-0.25, -0.2) is 0 Å². The second kappa shape index (κ2) is 4.23. The van der Waals surface area contributed by atoms with Gasteiger partial charge in [-0.3, -0.25) is 4.79 Å². The molecule has 0 bridgehead atoms. The van der Waals surface area contributed by atoms with Crippen LogP contribution in [0.1, 0.15) is 11.1 Å². The molecule has 16 heavy (non-hydrogen) atoms. The van der Waals surface area contributed by atoms with Gasteiger partial charge in [0.15, 0.2) is 0 Å². The number of amides is 1. The molecule has 0 saturated carbocycles. The molecule has 1 aliphatic carbocycles. The van der Waals surface area contributed by atoms with E-state index in [0.717, 1.165) is 12.8 Å². The van der Waals surface area contributed by atoms with Crippen LogP contribution in [0.15, 0.2) is 24.3 Å². The van der Waals surface area contributed by atoms with Crippen LogP contribution < -0.4 is 11.5 Å². The van der Waals surface area contributed by atoms with E-state index in [1.165, 1.54) is 11.1 Å². The second-order valence-corrected chi connectivity index (χ2v) is 4.36. The average Bonchev–Trinajstić information content (AvgIpc) is 2.70. The first-order valence-corrected chi connectivity index (χ1v) is 5.39. The van der Waals surface area contributed by atoms with Crippen LogP contribution in [0.25, 0.3) is 0 Å². The number of benzene rings is 1. The van der Waals surface area contributed by atoms with E-state index in [-0.39, 0.29) is 5.92 Å². The lowest BCUT2D eigenvalue weighted by molar-refractivity contribution is -0.127. The van der Waals surface area contributed by atoms with Gasteiger partial charge in [-0.1, -0.05) is 24.3 Å². The molecule has 5 N–H and O–H groups in total. The number of hydrogen-bond acceptors (Lipinski definition) is 3. The van der Waals surface area contributed by atoms with Crippen molar-refractivity contribution in [3.63, 3.8) is 0 Å². The standard InChI is InChI=1S/C12H16N2O2/c13-10(11(15)12(14)16)9-5-7-3-1-2-4-8(7)6-9/h1-4,9-11,15H,5-6,13H2,(H2,14,16). The summed E-state index contributed by atoms with van der Waals surface area (Å²) in [6, 6.07) is 7.50. The van der Waals surface area contributed by atoms with Crippen LogP contribution >= 0.6 is 0 Å². The Labute approximate surface area is 94.3 Å². The normalized spacial score (nSPS) is 19.1. The summed E-state index contributed by atoms with van der Waals surface area (Å²) < 4.78 is 0. The highest BCUT2D eigenvalue weighted by molar-refractivity contribution is 5.79. The Morgan fingerprint density at radius 3 is 2.25 bits per heavy atom. The van der Waals surface area contributed by atoms with E-state index in [4.69, 9.17) is 11.5 Å². The number of hydrogen-bond donors (Lipinski definition) is 3. The Morgan fingerprint density at radius 2 is 1.81 bits per heavy atom. The highest BCUT2D eigenvalue weighted by Crippen LogP contribution is 2.28. The highest BCUT2D eigenvalue weighted by Gasteiger charge is 2.32. The zero-order valence-corrected chi connectivity index (χ0v) is 8.97. The second-order valence-electron chi connectivity index (χ2n) is 4.36. The van der Waals surface area contributed by atoms with E-state index in [0.29, 0.717) is 0 Å². The fraction of sp³-hybridized carbons (Fsp3) is 0.417. The molecule has 4 heteroatoms. The van der Waals surface area contributed by atoms with Crippen molar-refractivity contribution in [3.05, 3.63) is 35.4 Å². The van der Waals surface area contributed by atoms with Crippen molar-refractivity contribution in [2.75, 3.05) is 0 Å². The van der Waals surface area contributed by atoms with E-state index >= 15 is 0 Å². The predicted molar refractivity (Wildman–Crippen MR) is 60.5 cm³/mol. The van der Waals surface area contributed by atoms with Gasteiger partial charge in [-0.2, -0.15) is 0 Å². The largest absolute Gasteiger partial charge is 0.382 e. The minimum absolute atomic E-state index is 0.0971. The number of aliphatic hydroxyl groups is 1. The number of aliphatic hydroxyl groups excluding tert-OH is 1. The van der Waals surface area contributed by atoms with E-state index in [1.54, 1.807) is 0 Å². The zero-order valence-electron chi connectivity index (χ0n) is 8.97. The molecule has 0 saturated heterocycles. The minimum atomic E-state index is -1.25. The fourth-order valence-electron chi connectivity index (χ4n) is 2.31. The molecule has 0 radical (unpaired) electrons. The van der Waals surface area contributed by atoms with Crippen LogP contribution in [-0.2, 0) is 17.6 Å². The van der Waals surface area contributed by atoms with Gasteiger partial charge < -0.3 is 16.6 Å². The Morgan fingerprint density at radius 1 is 1.31 bits per heavy atom. The fourth-order valence-corrected chi connectivity index (χ4v) is 2.31. The molecule has 0 fully saturated rings. The van der Waals surface area contributed by atoms with E-state index < -0.39 is 18.1 Å². The van der Waals surface area contributed by atoms with Crippen LogP contribution in [-0.4, -0.2) is 23.2 Å². The molecule has 4 nitrogen and oxygen atoms in total. The number of carbonyl (C=O) groups excluding carboxylic acids is 1. The predicted octanol–water partition coefficient (Wildman–Crippen LogP) is -0.425. The summed E-state index contributed by atoms with van der Waals surface area (Å²) in [6.45, 7) is 0. The van der Waals surface area contributed by atoms with Gasteiger partial charge in [0.05, 0.1) is 0 Å². The Kier molecular flexibility index (Phi) is 2.94. The summed E-state index contributed by atoms with van der Waals surface area (Å²) in [6.07, 6.45) is 0.364. The Bertz CT molecular complexity index is 381. The first-order valence-electron chi connectivity index (χ1n) is 5.39. The molecule has 2 rings (SSSR count). The van der Waals surface area contributed by atoms with Crippen molar-refractivity contribution in [2.45, 2.75) is 25.0 Å². The quantitative estimate of drug-likeness (QED) is 0.646. The van der Waals surface area contributed by atoms with Gasteiger partial charge in [-0.15, -0.1) is 0 Å². The van der Waals surface area contributed by atoms with Crippen molar-refractivity contribution in [1.82, 2.24) is 0 Å². The first kappa shape index (κ1) is 11.1. The number of rotatable bonds is 3. The lowest BCUT2D eigenvalue weighted by Crippen LogP contribution is -2.48. The lowest BCUT2D eigenvalue weighted by Gasteiger charge is -2.22. The first-order chi connectivity index (χ1) is 7.59. The molecule has 0 heterocycles.